The van der Waals surface area contributed by atoms with Crippen LogP contribution in [0.5, 0.6) is 5.75 Å². The van der Waals surface area contributed by atoms with Gasteiger partial charge in [-0.25, -0.2) is 0 Å². The summed E-state index contributed by atoms with van der Waals surface area (Å²) in [6.45, 7) is 0.656. The third kappa shape index (κ3) is 2.40. The maximum atomic E-state index is 12.2. The molecule has 2 N–H and O–H groups in total. The standard InChI is InChI=1S/C16H16BrNO2/c17-9-16(7-8-16)10-18-15(20)13-6-5-11-3-1-2-4-12(11)14(13)19/h1-6,19H,7-10H2,(H,18,20). The molecule has 2 aromatic carbocycles. The lowest BCUT2D eigenvalue weighted by molar-refractivity contribution is 0.0944. The predicted molar refractivity (Wildman–Crippen MR) is 83.4 cm³/mol. The van der Waals surface area contributed by atoms with E-state index in [-0.39, 0.29) is 17.1 Å². The molecule has 0 atom stereocenters. The summed E-state index contributed by atoms with van der Waals surface area (Å²) in [4.78, 5) is 12.2. The molecule has 1 aliphatic carbocycles. The molecule has 0 radical (unpaired) electrons. The second kappa shape index (κ2) is 5.09. The number of phenols is 1. The van der Waals surface area contributed by atoms with E-state index in [2.05, 4.69) is 21.2 Å². The van der Waals surface area contributed by atoms with Gasteiger partial charge in [0.15, 0.2) is 0 Å². The number of aromatic hydroxyl groups is 1. The molecule has 0 unspecified atom stereocenters. The first kappa shape index (κ1) is 13.4. The Hall–Kier alpha value is -1.55. The highest BCUT2D eigenvalue weighted by atomic mass is 79.9. The maximum Gasteiger partial charge on any atom is 0.255 e. The average molecular weight is 334 g/mol. The fourth-order valence-corrected chi connectivity index (χ4v) is 3.09. The Morgan fingerprint density at radius 2 is 2.00 bits per heavy atom. The molecule has 0 saturated heterocycles. The first-order chi connectivity index (χ1) is 9.65. The molecule has 1 fully saturated rings. The molecule has 0 heterocycles. The number of amides is 1. The molecule has 20 heavy (non-hydrogen) atoms. The van der Waals surface area contributed by atoms with Gasteiger partial charge in [-0.15, -0.1) is 0 Å². The van der Waals surface area contributed by atoms with Gasteiger partial charge in [-0.05, 0) is 29.7 Å². The summed E-state index contributed by atoms with van der Waals surface area (Å²) in [7, 11) is 0. The molecule has 0 spiro atoms. The van der Waals surface area contributed by atoms with Gasteiger partial charge in [0.25, 0.3) is 5.91 Å². The van der Waals surface area contributed by atoms with Crippen molar-refractivity contribution in [1.29, 1.82) is 0 Å². The minimum atomic E-state index is -0.208. The molecule has 1 aliphatic rings. The van der Waals surface area contributed by atoms with Gasteiger partial charge in [-0.3, -0.25) is 4.79 Å². The van der Waals surface area contributed by atoms with Crippen LogP contribution in [0.1, 0.15) is 23.2 Å². The number of alkyl halides is 1. The second-order valence-corrected chi connectivity index (χ2v) is 6.06. The van der Waals surface area contributed by atoms with Gasteiger partial charge in [-0.2, -0.15) is 0 Å². The monoisotopic (exact) mass is 333 g/mol. The topological polar surface area (TPSA) is 49.3 Å². The summed E-state index contributed by atoms with van der Waals surface area (Å²) in [5.74, 6) is -0.148. The van der Waals surface area contributed by atoms with Crippen molar-refractivity contribution in [3.8, 4) is 5.75 Å². The number of rotatable bonds is 4. The fraction of sp³-hybridized carbons (Fsp3) is 0.312. The molecule has 104 valence electrons. The van der Waals surface area contributed by atoms with Crippen LogP contribution < -0.4 is 5.32 Å². The Bertz CT molecular complexity index is 665. The highest BCUT2D eigenvalue weighted by molar-refractivity contribution is 9.09. The van der Waals surface area contributed by atoms with Gasteiger partial charge in [0, 0.05) is 17.3 Å². The van der Waals surface area contributed by atoms with E-state index in [1.165, 1.54) is 0 Å². The Morgan fingerprint density at radius 1 is 1.25 bits per heavy atom. The molecular formula is C16H16BrNO2. The molecule has 0 aliphatic heterocycles. The molecular weight excluding hydrogens is 318 g/mol. The van der Waals surface area contributed by atoms with Crippen LogP contribution in [0.15, 0.2) is 36.4 Å². The van der Waals surface area contributed by atoms with Gasteiger partial charge < -0.3 is 10.4 Å². The zero-order chi connectivity index (χ0) is 14.2. The Kier molecular flexibility index (Phi) is 3.42. The van der Waals surface area contributed by atoms with E-state index in [9.17, 15) is 9.90 Å². The lowest BCUT2D eigenvalue weighted by atomic mass is 10.0. The smallest absolute Gasteiger partial charge is 0.255 e. The number of phenolic OH excluding ortho intramolecular Hbond substituents is 1. The van der Waals surface area contributed by atoms with E-state index in [1.807, 2.05) is 30.3 Å². The summed E-state index contributed by atoms with van der Waals surface area (Å²) in [5, 5.41) is 15.7. The molecule has 0 bridgehead atoms. The summed E-state index contributed by atoms with van der Waals surface area (Å²) in [5.41, 5.74) is 0.566. The van der Waals surface area contributed by atoms with Crippen LogP contribution in [0, 0.1) is 5.41 Å². The quantitative estimate of drug-likeness (QED) is 0.842. The molecule has 1 saturated carbocycles. The van der Waals surface area contributed by atoms with Crippen LogP contribution in [-0.2, 0) is 0 Å². The van der Waals surface area contributed by atoms with Crippen LogP contribution in [0.3, 0.4) is 0 Å². The van der Waals surface area contributed by atoms with E-state index < -0.39 is 0 Å². The highest BCUT2D eigenvalue weighted by Crippen LogP contribution is 2.46. The number of hydrogen-bond acceptors (Lipinski definition) is 2. The zero-order valence-corrected chi connectivity index (χ0v) is 12.6. The van der Waals surface area contributed by atoms with E-state index in [0.29, 0.717) is 17.5 Å². The number of benzene rings is 2. The fourth-order valence-electron chi connectivity index (χ4n) is 2.34. The number of nitrogens with one attached hydrogen (secondary N) is 1. The molecule has 3 nitrogen and oxygen atoms in total. The minimum absolute atomic E-state index is 0.0595. The predicted octanol–water partition coefficient (Wildman–Crippen LogP) is 3.45. The highest BCUT2D eigenvalue weighted by Gasteiger charge is 2.41. The second-order valence-electron chi connectivity index (χ2n) is 5.50. The summed E-state index contributed by atoms with van der Waals surface area (Å²) in [6, 6.07) is 11.0. The van der Waals surface area contributed by atoms with E-state index in [1.54, 1.807) is 6.07 Å². The molecule has 1 amide bonds. The van der Waals surface area contributed by atoms with E-state index >= 15 is 0 Å². The minimum Gasteiger partial charge on any atom is -0.506 e. The van der Waals surface area contributed by atoms with Gasteiger partial charge in [0.2, 0.25) is 0 Å². The van der Waals surface area contributed by atoms with Crippen LogP contribution in [0.25, 0.3) is 10.8 Å². The average Bonchev–Trinajstić information content (AvgIpc) is 3.26. The first-order valence-corrected chi connectivity index (χ1v) is 7.82. The van der Waals surface area contributed by atoms with Crippen LogP contribution >= 0.6 is 15.9 Å². The van der Waals surface area contributed by atoms with Crippen LogP contribution in [0.4, 0.5) is 0 Å². The van der Waals surface area contributed by atoms with Crippen molar-refractivity contribution in [3.05, 3.63) is 42.0 Å². The SMILES string of the molecule is O=C(NCC1(CBr)CC1)c1ccc2ccccc2c1O. The maximum absolute atomic E-state index is 12.2. The summed E-state index contributed by atoms with van der Waals surface area (Å²) >= 11 is 3.49. The van der Waals surface area contributed by atoms with Gasteiger partial charge in [-0.1, -0.05) is 46.3 Å². The summed E-state index contributed by atoms with van der Waals surface area (Å²) < 4.78 is 0. The number of halogens is 1. The van der Waals surface area contributed by atoms with Crippen LogP contribution in [-0.4, -0.2) is 22.9 Å². The lowest BCUT2D eigenvalue weighted by Gasteiger charge is -2.13. The van der Waals surface area contributed by atoms with Crippen LogP contribution in [0.2, 0.25) is 0 Å². The van der Waals surface area contributed by atoms with Crippen molar-refractivity contribution in [2.45, 2.75) is 12.8 Å². The third-order valence-electron chi connectivity index (χ3n) is 4.01. The lowest BCUT2D eigenvalue weighted by Crippen LogP contribution is -2.30. The van der Waals surface area contributed by atoms with Crippen molar-refractivity contribution in [2.75, 3.05) is 11.9 Å². The molecule has 2 aromatic rings. The number of hydrogen-bond donors (Lipinski definition) is 2. The molecule has 0 aromatic heterocycles. The Morgan fingerprint density at radius 3 is 2.70 bits per heavy atom. The largest absolute Gasteiger partial charge is 0.506 e. The molecule has 3 rings (SSSR count). The normalized spacial score (nSPS) is 16.1. The van der Waals surface area contributed by atoms with Crippen molar-refractivity contribution < 1.29 is 9.90 Å². The van der Waals surface area contributed by atoms with Crippen molar-refractivity contribution in [2.24, 2.45) is 5.41 Å². The van der Waals surface area contributed by atoms with Gasteiger partial charge in [0.1, 0.15) is 5.75 Å². The Balaban J connectivity index is 1.82. The van der Waals surface area contributed by atoms with E-state index in [4.69, 9.17) is 0 Å². The first-order valence-electron chi connectivity index (χ1n) is 6.70. The van der Waals surface area contributed by atoms with Crippen molar-refractivity contribution >= 4 is 32.6 Å². The number of carbonyl (C=O) groups is 1. The number of fused-ring (bicyclic) bond motifs is 1. The van der Waals surface area contributed by atoms with Gasteiger partial charge >= 0.3 is 0 Å². The number of carbonyl (C=O) groups excluding carboxylic acids is 1. The van der Waals surface area contributed by atoms with Gasteiger partial charge in [0.05, 0.1) is 5.56 Å². The van der Waals surface area contributed by atoms with E-state index in [0.717, 1.165) is 23.6 Å². The zero-order valence-electron chi connectivity index (χ0n) is 11.0. The Labute approximate surface area is 126 Å². The third-order valence-corrected chi connectivity index (χ3v) is 5.20. The van der Waals surface area contributed by atoms with Crippen molar-refractivity contribution in [1.82, 2.24) is 5.32 Å². The summed E-state index contributed by atoms with van der Waals surface area (Å²) in [6.07, 6.45) is 2.28. The molecule has 4 heteroatoms. The van der Waals surface area contributed by atoms with Crippen molar-refractivity contribution in [3.63, 3.8) is 0 Å².